The molecule has 0 aliphatic heterocycles. The Kier molecular flexibility index (Phi) is 5.07. The molecule has 2 rings (SSSR count). The van der Waals surface area contributed by atoms with E-state index in [2.05, 4.69) is 29.4 Å². The maximum Gasteiger partial charge on any atom is 0.0657 e. The van der Waals surface area contributed by atoms with Gasteiger partial charge in [0.05, 0.1) is 18.3 Å². The number of hydrogen-bond donors (Lipinski definition) is 1. The zero-order chi connectivity index (χ0) is 13.5. The Balaban J connectivity index is 2.09. The maximum atomic E-state index is 5.31. The third-order valence-corrected chi connectivity index (χ3v) is 3.12. The molecule has 2 unspecified atom stereocenters. The molecule has 1 N–H and O–H groups in total. The fraction of sp³-hybridized carbons (Fsp3) is 0.312. The van der Waals surface area contributed by atoms with Crippen molar-refractivity contribution in [2.24, 2.45) is 0 Å². The minimum absolute atomic E-state index is 0.170. The molecule has 1 heterocycles. The predicted molar refractivity (Wildman–Crippen MR) is 76.8 cm³/mol. The van der Waals surface area contributed by atoms with Crippen LogP contribution >= 0.6 is 0 Å². The lowest BCUT2D eigenvalue weighted by Gasteiger charge is -2.23. The summed E-state index contributed by atoms with van der Waals surface area (Å²) in [5, 5.41) is 3.56. The van der Waals surface area contributed by atoms with E-state index in [1.54, 1.807) is 7.11 Å². The first-order valence-corrected chi connectivity index (χ1v) is 6.52. The van der Waals surface area contributed by atoms with E-state index in [-0.39, 0.29) is 12.1 Å². The highest BCUT2D eigenvalue weighted by atomic mass is 16.5. The number of hydrogen-bond acceptors (Lipinski definition) is 3. The van der Waals surface area contributed by atoms with E-state index < -0.39 is 0 Å². The molecule has 0 radical (unpaired) electrons. The number of aromatic nitrogens is 1. The van der Waals surface area contributed by atoms with Crippen molar-refractivity contribution in [1.82, 2.24) is 10.3 Å². The van der Waals surface area contributed by atoms with Crippen LogP contribution in [0.25, 0.3) is 0 Å². The van der Waals surface area contributed by atoms with E-state index in [0.717, 1.165) is 5.69 Å². The minimum Gasteiger partial charge on any atom is -0.383 e. The van der Waals surface area contributed by atoms with Crippen LogP contribution in [-0.2, 0) is 4.74 Å². The van der Waals surface area contributed by atoms with Gasteiger partial charge >= 0.3 is 0 Å². The van der Waals surface area contributed by atoms with Crippen LogP contribution in [0.15, 0.2) is 54.7 Å². The molecule has 1 aromatic heterocycles. The average Bonchev–Trinajstić information content (AvgIpc) is 2.48. The number of nitrogens with one attached hydrogen (secondary N) is 1. The molecule has 2 atom stereocenters. The van der Waals surface area contributed by atoms with Crippen LogP contribution < -0.4 is 5.32 Å². The second-order valence-corrected chi connectivity index (χ2v) is 4.56. The van der Waals surface area contributed by atoms with Crippen molar-refractivity contribution in [3.8, 4) is 0 Å². The standard InChI is InChI=1S/C16H20N2O/c1-13(15-10-6-7-11-17-15)18-16(12-19-2)14-8-4-3-5-9-14/h3-11,13,16,18H,12H2,1-2H3. The maximum absolute atomic E-state index is 5.31. The summed E-state index contributed by atoms with van der Waals surface area (Å²) in [5.74, 6) is 0. The van der Waals surface area contributed by atoms with Gasteiger partial charge in [-0.25, -0.2) is 0 Å². The van der Waals surface area contributed by atoms with Crippen LogP contribution in [0.4, 0.5) is 0 Å². The zero-order valence-electron chi connectivity index (χ0n) is 11.4. The minimum atomic E-state index is 0.170. The summed E-state index contributed by atoms with van der Waals surface area (Å²) in [6.45, 7) is 2.76. The van der Waals surface area contributed by atoms with Crippen molar-refractivity contribution >= 4 is 0 Å². The first kappa shape index (κ1) is 13.7. The lowest BCUT2D eigenvalue weighted by Crippen LogP contribution is -2.28. The Morgan fingerprint density at radius 1 is 1.11 bits per heavy atom. The molecule has 0 amide bonds. The fourth-order valence-electron chi connectivity index (χ4n) is 2.11. The molecule has 0 fully saturated rings. The lowest BCUT2D eigenvalue weighted by molar-refractivity contribution is 0.161. The van der Waals surface area contributed by atoms with Crippen molar-refractivity contribution in [1.29, 1.82) is 0 Å². The lowest BCUT2D eigenvalue weighted by atomic mass is 10.1. The number of pyridine rings is 1. The first-order chi connectivity index (χ1) is 9.31. The second-order valence-electron chi connectivity index (χ2n) is 4.56. The molecule has 3 nitrogen and oxygen atoms in total. The fourth-order valence-corrected chi connectivity index (χ4v) is 2.11. The Morgan fingerprint density at radius 3 is 2.47 bits per heavy atom. The summed E-state index contributed by atoms with van der Waals surface area (Å²) in [4.78, 5) is 4.38. The van der Waals surface area contributed by atoms with Gasteiger partial charge in [-0.2, -0.15) is 0 Å². The monoisotopic (exact) mass is 256 g/mol. The van der Waals surface area contributed by atoms with Crippen molar-refractivity contribution < 1.29 is 4.74 Å². The van der Waals surface area contributed by atoms with Crippen molar-refractivity contribution in [3.05, 3.63) is 66.0 Å². The summed E-state index contributed by atoms with van der Waals surface area (Å²) in [5.41, 5.74) is 2.27. The summed E-state index contributed by atoms with van der Waals surface area (Å²) in [6, 6.07) is 16.7. The van der Waals surface area contributed by atoms with Crippen molar-refractivity contribution in [3.63, 3.8) is 0 Å². The van der Waals surface area contributed by atoms with Gasteiger partial charge in [0.15, 0.2) is 0 Å². The predicted octanol–water partition coefficient (Wildman–Crippen LogP) is 3.12. The number of ether oxygens (including phenoxy) is 1. The highest BCUT2D eigenvalue weighted by Crippen LogP contribution is 2.18. The van der Waals surface area contributed by atoms with Crippen LogP contribution in [0.5, 0.6) is 0 Å². The van der Waals surface area contributed by atoms with Gasteiger partial charge in [0.2, 0.25) is 0 Å². The SMILES string of the molecule is COCC(NC(C)c1ccccn1)c1ccccc1. The molecule has 0 aliphatic rings. The van der Waals surface area contributed by atoms with Crippen molar-refractivity contribution in [2.75, 3.05) is 13.7 Å². The molecule has 0 aliphatic carbocycles. The van der Waals surface area contributed by atoms with Gasteiger partial charge in [0.1, 0.15) is 0 Å². The van der Waals surface area contributed by atoms with Gasteiger partial charge in [-0.1, -0.05) is 36.4 Å². The molecule has 2 aromatic rings. The summed E-state index contributed by atoms with van der Waals surface area (Å²) < 4.78 is 5.31. The molecule has 0 spiro atoms. The normalized spacial score (nSPS) is 14.0. The Labute approximate surface area is 114 Å². The van der Waals surface area contributed by atoms with E-state index in [1.165, 1.54) is 5.56 Å². The van der Waals surface area contributed by atoms with Crippen LogP contribution in [0.3, 0.4) is 0 Å². The number of rotatable bonds is 6. The van der Waals surface area contributed by atoms with Gasteiger partial charge < -0.3 is 4.74 Å². The van der Waals surface area contributed by atoms with E-state index in [0.29, 0.717) is 6.61 Å². The average molecular weight is 256 g/mol. The molecule has 0 saturated carbocycles. The van der Waals surface area contributed by atoms with Crippen LogP contribution in [0, 0.1) is 0 Å². The van der Waals surface area contributed by atoms with E-state index in [9.17, 15) is 0 Å². The van der Waals surface area contributed by atoms with Gasteiger partial charge in [0, 0.05) is 19.3 Å². The topological polar surface area (TPSA) is 34.1 Å². The highest BCUT2D eigenvalue weighted by Gasteiger charge is 2.15. The quantitative estimate of drug-likeness (QED) is 0.862. The van der Waals surface area contributed by atoms with Gasteiger partial charge in [0.25, 0.3) is 0 Å². The van der Waals surface area contributed by atoms with Crippen LogP contribution in [-0.4, -0.2) is 18.7 Å². The summed E-state index contributed by atoms with van der Waals surface area (Å²) in [7, 11) is 1.73. The number of nitrogens with zero attached hydrogens (tertiary/aromatic N) is 1. The molecule has 19 heavy (non-hydrogen) atoms. The van der Waals surface area contributed by atoms with E-state index >= 15 is 0 Å². The van der Waals surface area contributed by atoms with Crippen molar-refractivity contribution in [2.45, 2.75) is 19.0 Å². The zero-order valence-corrected chi connectivity index (χ0v) is 11.4. The number of methoxy groups -OCH3 is 1. The Bertz CT molecular complexity index is 473. The molecular weight excluding hydrogens is 236 g/mol. The Hall–Kier alpha value is -1.71. The van der Waals surface area contributed by atoms with Gasteiger partial charge in [-0.3, -0.25) is 10.3 Å². The Morgan fingerprint density at radius 2 is 1.84 bits per heavy atom. The first-order valence-electron chi connectivity index (χ1n) is 6.52. The third-order valence-electron chi connectivity index (χ3n) is 3.12. The van der Waals surface area contributed by atoms with E-state index in [4.69, 9.17) is 4.74 Å². The molecular formula is C16H20N2O. The summed E-state index contributed by atoms with van der Waals surface area (Å²) in [6.07, 6.45) is 1.82. The molecule has 3 heteroatoms. The highest BCUT2D eigenvalue weighted by molar-refractivity contribution is 5.20. The van der Waals surface area contributed by atoms with E-state index in [1.807, 2.05) is 42.6 Å². The second kappa shape index (κ2) is 7.02. The largest absolute Gasteiger partial charge is 0.383 e. The van der Waals surface area contributed by atoms with Gasteiger partial charge in [-0.05, 0) is 24.6 Å². The van der Waals surface area contributed by atoms with Crippen LogP contribution in [0.2, 0.25) is 0 Å². The summed E-state index contributed by atoms with van der Waals surface area (Å²) >= 11 is 0. The van der Waals surface area contributed by atoms with Crippen LogP contribution in [0.1, 0.15) is 30.3 Å². The molecule has 1 aromatic carbocycles. The molecule has 0 bridgehead atoms. The van der Waals surface area contributed by atoms with Gasteiger partial charge in [-0.15, -0.1) is 0 Å². The smallest absolute Gasteiger partial charge is 0.0657 e. The third kappa shape index (κ3) is 3.88. The molecule has 0 saturated heterocycles. The molecule has 100 valence electrons. The number of benzene rings is 1.